The number of nitrogens with zero attached hydrogens (tertiary/aromatic N) is 2. The van der Waals surface area contributed by atoms with Gasteiger partial charge in [0.1, 0.15) is 0 Å². The molecule has 2 rings (SSSR count). The number of carboxylic acid groups (broad SMARTS) is 1. The van der Waals surface area contributed by atoms with Gasteiger partial charge < -0.3 is 14.7 Å². The minimum atomic E-state index is -0.875. The van der Waals surface area contributed by atoms with Gasteiger partial charge >= 0.3 is 5.97 Å². The van der Waals surface area contributed by atoms with Crippen LogP contribution in [0.5, 0.6) is 0 Å². The molecule has 0 radical (unpaired) electrons. The molecule has 1 aromatic carbocycles. The highest BCUT2D eigenvalue weighted by molar-refractivity contribution is 6.30. The Balaban J connectivity index is 2.15. The van der Waals surface area contributed by atoms with E-state index in [9.17, 15) is 9.59 Å². The molecule has 7 heteroatoms. The van der Waals surface area contributed by atoms with Gasteiger partial charge in [0.05, 0.1) is 24.7 Å². The molecule has 1 heterocycles. The lowest BCUT2D eigenvalue weighted by atomic mass is 9.74. The Morgan fingerprint density at radius 3 is 2.48 bits per heavy atom. The molecule has 0 bridgehead atoms. The van der Waals surface area contributed by atoms with Crippen LogP contribution in [0.2, 0.25) is 5.02 Å². The lowest BCUT2D eigenvalue weighted by Crippen LogP contribution is -2.54. The molecule has 1 fully saturated rings. The van der Waals surface area contributed by atoms with E-state index in [0.29, 0.717) is 44.1 Å². The van der Waals surface area contributed by atoms with Gasteiger partial charge in [-0.3, -0.25) is 14.5 Å². The molecule has 1 aliphatic rings. The predicted octanol–water partition coefficient (Wildman–Crippen LogP) is 2.64. The number of halogens is 1. The Morgan fingerprint density at radius 2 is 1.93 bits per heavy atom. The zero-order valence-corrected chi connectivity index (χ0v) is 17.0. The number of carbonyl (C=O) groups is 2. The van der Waals surface area contributed by atoms with E-state index in [0.717, 1.165) is 5.56 Å². The van der Waals surface area contributed by atoms with E-state index in [-0.39, 0.29) is 18.6 Å². The van der Waals surface area contributed by atoms with Gasteiger partial charge in [-0.15, -0.1) is 0 Å². The predicted molar refractivity (Wildman–Crippen MR) is 105 cm³/mol. The van der Waals surface area contributed by atoms with Gasteiger partial charge in [-0.1, -0.05) is 37.6 Å². The van der Waals surface area contributed by atoms with Crippen molar-refractivity contribution in [3.8, 4) is 0 Å². The van der Waals surface area contributed by atoms with E-state index < -0.39 is 11.4 Å². The molecule has 1 N–H and O–H groups in total. The summed E-state index contributed by atoms with van der Waals surface area (Å²) in [6, 6.07) is 7.53. The second kappa shape index (κ2) is 9.53. The highest BCUT2D eigenvalue weighted by atomic mass is 35.5. The molecular weight excluding hydrogens is 368 g/mol. The number of morpholine rings is 1. The summed E-state index contributed by atoms with van der Waals surface area (Å²) in [5.41, 5.74) is 0.396. The Kier molecular flexibility index (Phi) is 7.65. The fraction of sp³-hybridized carbons (Fsp3) is 0.600. The van der Waals surface area contributed by atoms with Gasteiger partial charge in [-0.25, -0.2) is 0 Å². The van der Waals surface area contributed by atoms with Crippen molar-refractivity contribution in [1.82, 2.24) is 9.80 Å². The molecule has 1 saturated heterocycles. The first kappa shape index (κ1) is 21.7. The molecule has 150 valence electrons. The van der Waals surface area contributed by atoms with Gasteiger partial charge in [0, 0.05) is 24.7 Å². The third-order valence-corrected chi connectivity index (χ3v) is 5.61. The van der Waals surface area contributed by atoms with Crippen LogP contribution >= 0.6 is 11.6 Å². The van der Waals surface area contributed by atoms with Crippen molar-refractivity contribution in [2.45, 2.75) is 38.2 Å². The maximum atomic E-state index is 13.5. The Bertz CT molecular complexity index is 646. The van der Waals surface area contributed by atoms with Crippen molar-refractivity contribution >= 4 is 23.5 Å². The summed E-state index contributed by atoms with van der Waals surface area (Å²) in [5, 5.41) is 9.57. The molecule has 1 aliphatic heterocycles. The number of likely N-dealkylation sites (N-methyl/N-ethyl adjacent to an activating group) is 1. The van der Waals surface area contributed by atoms with Crippen LogP contribution in [-0.2, 0) is 19.7 Å². The maximum Gasteiger partial charge on any atom is 0.317 e. The third kappa shape index (κ3) is 5.21. The topological polar surface area (TPSA) is 70.1 Å². The molecule has 0 saturated carbocycles. The van der Waals surface area contributed by atoms with E-state index >= 15 is 0 Å². The van der Waals surface area contributed by atoms with Gasteiger partial charge in [0.25, 0.3) is 0 Å². The summed E-state index contributed by atoms with van der Waals surface area (Å²) in [4.78, 5) is 27.9. The van der Waals surface area contributed by atoms with Gasteiger partial charge in [-0.2, -0.15) is 0 Å². The molecule has 1 aromatic rings. The summed E-state index contributed by atoms with van der Waals surface area (Å²) in [6.07, 6.45) is 1.21. The van der Waals surface area contributed by atoms with Crippen LogP contribution in [0.3, 0.4) is 0 Å². The van der Waals surface area contributed by atoms with Crippen LogP contribution in [0.1, 0.15) is 32.3 Å². The van der Waals surface area contributed by atoms with Gasteiger partial charge in [-0.05, 0) is 37.6 Å². The van der Waals surface area contributed by atoms with Crippen molar-refractivity contribution in [2.75, 3.05) is 39.8 Å². The van der Waals surface area contributed by atoms with Crippen LogP contribution in [0.15, 0.2) is 24.3 Å². The third-order valence-electron chi connectivity index (χ3n) is 5.36. The van der Waals surface area contributed by atoms with E-state index in [1.54, 1.807) is 11.9 Å². The first-order chi connectivity index (χ1) is 12.8. The summed E-state index contributed by atoms with van der Waals surface area (Å²) in [6.45, 7) is 5.98. The van der Waals surface area contributed by atoms with Crippen LogP contribution in [0, 0.1) is 0 Å². The highest BCUT2D eigenvalue weighted by Gasteiger charge is 2.41. The zero-order valence-electron chi connectivity index (χ0n) is 16.3. The molecule has 0 aliphatic carbocycles. The van der Waals surface area contributed by atoms with E-state index in [1.165, 1.54) is 0 Å². The average molecular weight is 397 g/mol. The SMILES string of the molecule is CCC(CC)(C(=O)N1CCOC(CN(C)CC(=O)O)C1)c1ccc(Cl)cc1. The summed E-state index contributed by atoms with van der Waals surface area (Å²) >= 11 is 6.02. The lowest BCUT2D eigenvalue weighted by molar-refractivity contribution is -0.147. The molecule has 0 aromatic heterocycles. The smallest absolute Gasteiger partial charge is 0.317 e. The number of hydrogen-bond donors (Lipinski definition) is 1. The number of carbonyl (C=O) groups excluding carboxylic acids is 1. The first-order valence-corrected chi connectivity index (χ1v) is 9.77. The second-order valence-corrected chi connectivity index (χ2v) is 7.57. The lowest BCUT2D eigenvalue weighted by Gasteiger charge is -2.41. The normalized spacial score (nSPS) is 18.0. The highest BCUT2D eigenvalue weighted by Crippen LogP contribution is 2.35. The molecule has 27 heavy (non-hydrogen) atoms. The Morgan fingerprint density at radius 1 is 1.30 bits per heavy atom. The van der Waals surface area contributed by atoms with Gasteiger partial charge in [0.15, 0.2) is 0 Å². The zero-order chi connectivity index (χ0) is 20.0. The quantitative estimate of drug-likeness (QED) is 0.731. The first-order valence-electron chi connectivity index (χ1n) is 9.39. The summed E-state index contributed by atoms with van der Waals surface area (Å²) in [7, 11) is 1.74. The fourth-order valence-corrected chi connectivity index (χ4v) is 3.94. The van der Waals surface area contributed by atoms with Gasteiger partial charge in [0.2, 0.25) is 5.91 Å². The van der Waals surface area contributed by atoms with Crippen molar-refractivity contribution in [2.24, 2.45) is 0 Å². The Labute approximate surface area is 166 Å². The minimum Gasteiger partial charge on any atom is -0.480 e. The molecule has 1 unspecified atom stereocenters. The minimum absolute atomic E-state index is 0.0492. The fourth-order valence-electron chi connectivity index (χ4n) is 3.81. The van der Waals surface area contributed by atoms with Crippen LogP contribution in [0.4, 0.5) is 0 Å². The van der Waals surface area contributed by atoms with Crippen LogP contribution < -0.4 is 0 Å². The van der Waals surface area contributed by atoms with E-state index in [1.807, 2.05) is 43.0 Å². The number of benzene rings is 1. The second-order valence-electron chi connectivity index (χ2n) is 7.13. The number of ether oxygens (including phenoxy) is 1. The summed E-state index contributed by atoms with van der Waals surface area (Å²) in [5.74, 6) is -0.774. The van der Waals surface area contributed by atoms with E-state index in [2.05, 4.69) is 0 Å². The van der Waals surface area contributed by atoms with Crippen molar-refractivity contribution in [3.05, 3.63) is 34.9 Å². The number of aliphatic carboxylic acids is 1. The average Bonchev–Trinajstić information content (AvgIpc) is 2.64. The number of hydrogen-bond acceptors (Lipinski definition) is 4. The Hall–Kier alpha value is -1.63. The van der Waals surface area contributed by atoms with Crippen LogP contribution in [0.25, 0.3) is 0 Å². The van der Waals surface area contributed by atoms with Crippen LogP contribution in [-0.4, -0.2) is 72.7 Å². The maximum absolute atomic E-state index is 13.5. The number of rotatable bonds is 8. The molecule has 6 nitrogen and oxygen atoms in total. The molecule has 0 spiro atoms. The van der Waals surface area contributed by atoms with Crippen molar-refractivity contribution < 1.29 is 19.4 Å². The standard InChI is InChI=1S/C20H29ClN2O4/c1-4-20(5-2,15-6-8-16(21)9-7-15)19(26)23-10-11-27-17(13-23)12-22(3)14-18(24)25/h6-9,17H,4-5,10-14H2,1-3H3,(H,24,25). The molecule has 1 amide bonds. The molecule has 1 atom stereocenters. The van der Waals surface area contributed by atoms with E-state index in [4.69, 9.17) is 21.4 Å². The van der Waals surface area contributed by atoms with Crippen molar-refractivity contribution in [3.63, 3.8) is 0 Å². The number of carboxylic acids is 1. The largest absolute Gasteiger partial charge is 0.480 e. The molecular formula is C20H29ClN2O4. The monoisotopic (exact) mass is 396 g/mol. The van der Waals surface area contributed by atoms with Crippen molar-refractivity contribution in [1.29, 1.82) is 0 Å². The number of amides is 1. The summed E-state index contributed by atoms with van der Waals surface area (Å²) < 4.78 is 5.77.